The molecule has 0 spiro atoms. The molecule has 3 fully saturated rings. The van der Waals surface area contributed by atoms with E-state index in [0.717, 1.165) is 25.9 Å². The van der Waals surface area contributed by atoms with E-state index in [1.807, 2.05) is 4.90 Å². The molecule has 0 aromatic carbocycles. The highest BCUT2D eigenvalue weighted by Gasteiger charge is 2.50. The third-order valence-corrected chi connectivity index (χ3v) is 6.82. The largest absolute Gasteiger partial charge is 0.336 e. The SMILES string of the molecule is CC(C)C1CCN(C2CCN(C(=O)C3CN(C(C)C)C3)CC2(F)F)CC1. The third kappa shape index (κ3) is 4.06. The number of nitrogens with zero attached hydrogens (tertiary/aromatic N) is 3. The Kier molecular flexibility index (Phi) is 5.92. The summed E-state index contributed by atoms with van der Waals surface area (Å²) < 4.78 is 29.7. The van der Waals surface area contributed by atoms with Crippen LogP contribution in [0.4, 0.5) is 8.78 Å². The van der Waals surface area contributed by atoms with Crippen LogP contribution in [0.5, 0.6) is 0 Å². The number of piperidine rings is 2. The van der Waals surface area contributed by atoms with Gasteiger partial charge in [-0.1, -0.05) is 13.8 Å². The molecule has 26 heavy (non-hydrogen) atoms. The zero-order valence-electron chi connectivity index (χ0n) is 16.8. The van der Waals surface area contributed by atoms with Crippen molar-refractivity contribution in [1.29, 1.82) is 0 Å². The number of likely N-dealkylation sites (tertiary alicyclic amines) is 3. The molecular formula is C20H35F2N3O. The van der Waals surface area contributed by atoms with Crippen molar-refractivity contribution in [2.24, 2.45) is 17.8 Å². The molecule has 0 radical (unpaired) electrons. The Balaban J connectivity index is 1.53. The van der Waals surface area contributed by atoms with Gasteiger partial charge in [-0.15, -0.1) is 0 Å². The number of hydrogen-bond donors (Lipinski definition) is 0. The summed E-state index contributed by atoms with van der Waals surface area (Å²) in [5.74, 6) is -1.68. The average Bonchev–Trinajstić information content (AvgIpc) is 2.52. The number of amides is 1. The van der Waals surface area contributed by atoms with Crippen LogP contribution in [0, 0.1) is 17.8 Å². The molecule has 3 saturated heterocycles. The first kappa shape index (κ1) is 20.0. The normalized spacial score (nSPS) is 29.4. The maximum atomic E-state index is 14.9. The summed E-state index contributed by atoms with van der Waals surface area (Å²) in [7, 11) is 0. The van der Waals surface area contributed by atoms with Gasteiger partial charge in [0.1, 0.15) is 0 Å². The lowest BCUT2D eigenvalue weighted by Gasteiger charge is -2.48. The van der Waals surface area contributed by atoms with E-state index < -0.39 is 18.5 Å². The van der Waals surface area contributed by atoms with Gasteiger partial charge in [0, 0.05) is 25.7 Å². The highest BCUT2D eigenvalue weighted by atomic mass is 19.3. The molecule has 0 aromatic rings. The number of alkyl halides is 2. The first-order chi connectivity index (χ1) is 12.2. The minimum absolute atomic E-state index is 0.0708. The molecule has 6 heteroatoms. The zero-order chi connectivity index (χ0) is 19.1. The van der Waals surface area contributed by atoms with E-state index in [1.165, 1.54) is 4.90 Å². The van der Waals surface area contributed by atoms with Crippen LogP contribution < -0.4 is 0 Å². The summed E-state index contributed by atoms with van der Waals surface area (Å²) in [6.45, 7) is 11.7. The fourth-order valence-corrected chi connectivity index (χ4v) is 4.81. The smallest absolute Gasteiger partial charge is 0.280 e. The predicted octanol–water partition coefficient (Wildman–Crippen LogP) is 2.93. The lowest BCUT2D eigenvalue weighted by atomic mass is 9.85. The van der Waals surface area contributed by atoms with E-state index in [9.17, 15) is 13.6 Å². The Hall–Kier alpha value is -0.750. The van der Waals surface area contributed by atoms with E-state index in [-0.39, 0.29) is 11.8 Å². The summed E-state index contributed by atoms with van der Waals surface area (Å²) in [5, 5.41) is 0. The Labute approximate surface area is 156 Å². The second-order valence-electron chi connectivity index (χ2n) is 9.19. The molecular weight excluding hydrogens is 336 g/mol. The van der Waals surface area contributed by atoms with Crippen molar-refractivity contribution in [1.82, 2.24) is 14.7 Å². The molecule has 3 rings (SSSR count). The van der Waals surface area contributed by atoms with Gasteiger partial charge in [-0.3, -0.25) is 14.6 Å². The second kappa shape index (κ2) is 7.70. The van der Waals surface area contributed by atoms with Gasteiger partial charge < -0.3 is 4.90 Å². The van der Waals surface area contributed by atoms with Crippen LogP contribution in [0.3, 0.4) is 0 Å². The first-order valence-corrected chi connectivity index (χ1v) is 10.3. The fourth-order valence-electron chi connectivity index (χ4n) is 4.81. The first-order valence-electron chi connectivity index (χ1n) is 10.3. The van der Waals surface area contributed by atoms with Crippen molar-refractivity contribution in [3.63, 3.8) is 0 Å². The minimum Gasteiger partial charge on any atom is -0.336 e. The van der Waals surface area contributed by atoms with Gasteiger partial charge in [0.2, 0.25) is 5.91 Å². The van der Waals surface area contributed by atoms with Crippen LogP contribution in [0.25, 0.3) is 0 Å². The lowest BCUT2D eigenvalue weighted by molar-refractivity contribution is -0.164. The zero-order valence-corrected chi connectivity index (χ0v) is 16.8. The topological polar surface area (TPSA) is 26.8 Å². The quantitative estimate of drug-likeness (QED) is 0.760. The van der Waals surface area contributed by atoms with Crippen molar-refractivity contribution in [3.05, 3.63) is 0 Å². The van der Waals surface area contributed by atoms with Gasteiger partial charge in [0.25, 0.3) is 5.92 Å². The Morgan fingerprint density at radius 1 is 1.00 bits per heavy atom. The molecule has 0 aromatic heterocycles. The standard InChI is InChI=1S/C20H35F2N3O/c1-14(2)16-5-8-23(9-6-16)18-7-10-24(13-20(18,21)22)19(26)17-11-25(12-17)15(3)4/h14-18H,5-13H2,1-4H3. The molecule has 1 amide bonds. The summed E-state index contributed by atoms with van der Waals surface area (Å²) in [4.78, 5) is 18.2. The number of carbonyl (C=O) groups excluding carboxylic acids is 1. The van der Waals surface area contributed by atoms with Crippen molar-refractivity contribution in [2.75, 3.05) is 39.3 Å². The Morgan fingerprint density at radius 3 is 2.12 bits per heavy atom. The second-order valence-corrected chi connectivity index (χ2v) is 9.19. The number of halogens is 2. The molecule has 3 aliphatic heterocycles. The van der Waals surface area contributed by atoms with Crippen molar-refractivity contribution in [3.8, 4) is 0 Å². The van der Waals surface area contributed by atoms with E-state index in [1.54, 1.807) is 0 Å². The highest BCUT2D eigenvalue weighted by molar-refractivity contribution is 5.80. The monoisotopic (exact) mass is 371 g/mol. The maximum absolute atomic E-state index is 14.9. The van der Waals surface area contributed by atoms with Crippen LogP contribution in [0.15, 0.2) is 0 Å². The molecule has 1 atom stereocenters. The van der Waals surface area contributed by atoms with Crippen LogP contribution in [0.1, 0.15) is 47.0 Å². The van der Waals surface area contributed by atoms with Crippen LogP contribution in [-0.2, 0) is 4.79 Å². The summed E-state index contributed by atoms with van der Waals surface area (Å²) in [5.41, 5.74) is 0. The number of rotatable bonds is 4. The molecule has 0 bridgehead atoms. The van der Waals surface area contributed by atoms with E-state index in [4.69, 9.17) is 0 Å². The third-order valence-electron chi connectivity index (χ3n) is 6.82. The Morgan fingerprint density at radius 2 is 1.62 bits per heavy atom. The molecule has 4 nitrogen and oxygen atoms in total. The van der Waals surface area contributed by atoms with Crippen molar-refractivity contribution >= 4 is 5.91 Å². The van der Waals surface area contributed by atoms with Gasteiger partial charge in [0.05, 0.1) is 18.5 Å². The molecule has 3 heterocycles. The molecule has 0 saturated carbocycles. The summed E-state index contributed by atoms with van der Waals surface area (Å²) in [6.07, 6.45) is 2.42. The van der Waals surface area contributed by atoms with Gasteiger partial charge in [0.15, 0.2) is 0 Å². The predicted molar refractivity (Wildman–Crippen MR) is 99.3 cm³/mol. The molecule has 0 aliphatic carbocycles. The molecule has 1 unspecified atom stereocenters. The van der Waals surface area contributed by atoms with Crippen LogP contribution in [-0.4, -0.2) is 77.9 Å². The highest BCUT2D eigenvalue weighted by Crippen LogP contribution is 2.36. The van der Waals surface area contributed by atoms with E-state index in [2.05, 4.69) is 32.6 Å². The molecule has 0 N–H and O–H groups in total. The molecule has 3 aliphatic rings. The maximum Gasteiger partial charge on any atom is 0.280 e. The summed E-state index contributed by atoms with van der Waals surface area (Å²) in [6, 6.07) is -0.284. The van der Waals surface area contributed by atoms with Gasteiger partial charge in [-0.25, -0.2) is 8.78 Å². The van der Waals surface area contributed by atoms with Gasteiger partial charge in [-0.05, 0) is 58.0 Å². The van der Waals surface area contributed by atoms with E-state index in [0.29, 0.717) is 43.9 Å². The Bertz CT molecular complexity index is 497. The average molecular weight is 372 g/mol. The fraction of sp³-hybridized carbons (Fsp3) is 0.950. The van der Waals surface area contributed by atoms with Crippen molar-refractivity contribution < 1.29 is 13.6 Å². The van der Waals surface area contributed by atoms with Crippen molar-refractivity contribution in [2.45, 2.75) is 65.0 Å². The number of hydrogen-bond acceptors (Lipinski definition) is 3. The van der Waals surface area contributed by atoms with E-state index >= 15 is 0 Å². The van der Waals surface area contributed by atoms with Crippen LogP contribution >= 0.6 is 0 Å². The van der Waals surface area contributed by atoms with Gasteiger partial charge in [-0.2, -0.15) is 0 Å². The minimum atomic E-state index is -2.81. The van der Waals surface area contributed by atoms with Crippen LogP contribution in [0.2, 0.25) is 0 Å². The number of carbonyl (C=O) groups is 1. The van der Waals surface area contributed by atoms with Gasteiger partial charge >= 0.3 is 0 Å². The molecule has 150 valence electrons. The summed E-state index contributed by atoms with van der Waals surface area (Å²) >= 11 is 0. The lowest BCUT2D eigenvalue weighted by Crippen LogP contribution is -2.63.